The minimum atomic E-state index is -3.55. The topological polar surface area (TPSA) is 43.4 Å². The highest BCUT2D eigenvalue weighted by atomic mass is 79.9. The summed E-state index contributed by atoms with van der Waals surface area (Å²) in [5, 5.41) is 0. The first kappa shape index (κ1) is 13.8. The largest absolute Gasteiger partial charge is 0.496 e. The molecule has 16 heavy (non-hydrogen) atoms. The highest BCUT2D eigenvalue weighted by molar-refractivity contribution is 9.10. The molecule has 1 rings (SSSR count). The quantitative estimate of drug-likeness (QED) is 0.801. The first-order valence-corrected chi connectivity index (χ1v) is 7.78. The van der Waals surface area contributed by atoms with Gasteiger partial charge in [-0.2, -0.15) is 0 Å². The molecule has 0 spiro atoms. The van der Waals surface area contributed by atoms with E-state index < -0.39 is 9.05 Å². The van der Waals surface area contributed by atoms with Crippen molar-refractivity contribution in [2.75, 3.05) is 7.11 Å². The van der Waals surface area contributed by atoms with Crippen molar-refractivity contribution in [1.29, 1.82) is 0 Å². The van der Waals surface area contributed by atoms with Crippen LogP contribution < -0.4 is 4.74 Å². The van der Waals surface area contributed by atoms with Crippen LogP contribution in [0.2, 0.25) is 0 Å². The third-order valence-electron chi connectivity index (χ3n) is 2.36. The van der Waals surface area contributed by atoms with Crippen LogP contribution in [0.25, 0.3) is 0 Å². The Morgan fingerprint density at radius 1 is 1.44 bits per heavy atom. The van der Waals surface area contributed by atoms with Gasteiger partial charge in [0.1, 0.15) is 5.75 Å². The van der Waals surface area contributed by atoms with Gasteiger partial charge in [0.05, 0.1) is 17.3 Å². The maximum absolute atomic E-state index is 11.1. The van der Waals surface area contributed by atoms with E-state index in [-0.39, 0.29) is 5.75 Å². The molecule has 0 atom stereocenters. The molecule has 0 saturated heterocycles. The molecule has 0 aromatic heterocycles. The first-order chi connectivity index (χ1) is 7.26. The molecule has 0 saturated carbocycles. The van der Waals surface area contributed by atoms with Crippen molar-refractivity contribution in [2.45, 2.75) is 19.6 Å². The van der Waals surface area contributed by atoms with Crippen LogP contribution in [0.4, 0.5) is 0 Å². The van der Waals surface area contributed by atoms with Crippen molar-refractivity contribution in [3.63, 3.8) is 0 Å². The van der Waals surface area contributed by atoms with E-state index in [0.717, 1.165) is 15.6 Å². The van der Waals surface area contributed by atoms with E-state index in [9.17, 15) is 8.42 Å². The van der Waals surface area contributed by atoms with Crippen LogP contribution in [0.3, 0.4) is 0 Å². The Bertz CT molecular complexity index is 511. The molecule has 0 N–H and O–H groups in total. The van der Waals surface area contributed by atoms with Gasteiger partial charge in [-0.25, -0.2) is 8.42 Å². The van der Waals surface area contributed by atoms with Crippen LogP contribution in [0, 0.1) is 13.8 Å². The zero-order chi connectivity index (χ0) is 12.5. The molecule has 0 heterocycles. The molecule has 0 aliphatic heterocycles. The third kappa shape index (κ3) is 3.12. The SMILES string of the molecule is COc1cc(C)c(CS(=O)(=O)Cl)c(C)c1Br. The number of halogens is 2. The molecule has 0 unspecified atom stereocenters. The number of aryl methyl sites for hydroxylation is 1. The lowest BCUT2D eigenvalue weighted by molar-refractivity contribution is 0.411. The van der Waals surface area contributed by atoms with E-state index >= 15 is 0 Å². The van der Waals surface area contributed by atoms with Gasteiger partial charge >= 0.3 is 0 Å². The third-order valence-corrected chi connectivity index (χ3v) is 4.30. The van der Waals surface area contributed by atoms with E-state index in [1.807, 2.05) is 13.8 Å². The van der Waals surface area contributed by atoms with E-state index in [1.54, 1.807) is 13.2 Å². The van der Waals surface area contributed by atoms with Gasteiger partial charge in [-0.1, -0.05) is 0 Å². The van der Waals surface area contributed by atoms with Gasteiger partial charge < -0.3 is 4.74 Å². The lowest BCUT2D eigenvalue weighted by Crippen LogP contribution is -2.02. The first-order valence-electron chi connectivity index (χ1n) is 4.51. The van der Waals surface area contributed by atoms with Gasteiger partial charge in [0.25, 0.3) is 0 Å². The molecule has 1 aromatic rings. The van der Waals surface area contributed by atoms with E-state index in [2.05, 4.69) is 15.9 Å². The fourth-order valence-electron chi connectivity index (χ4n) is 1.50. The lowest BCUT2D eigenvalue weighted by atomic mass is 10.0. The van der Waals surface area contributed by atoms with E-state index in [1.165, 1.54) is 0 Å². The van der Waals surface area contributed by atoms with Crippen molar-refractivity contribution in [1.82, 2.24) is 0 Å². The summed E-state index contributed by atoms with van der Waals surface area (Å²) in [7, 11) is 3.28. The molecule has 3 nitrogen and oxygen atoms in total. The predicted octanol–water partition coefficient (Wildman–Crippen LogP) is 3.14. The fourth-order valence-corrected chi connectivity index (χ4v) is 3.14. The Kier molecular flexibility index (Phi) is 4.26. The predicted molar refractivity (Wildman–Crippen MR) is 68.6 cm³/mol. The summed E-state index contributed by atoms with van der Waals surface area (Å²) in [5.41, 5.74) is 2.39. The van der Waals surface area contributed by atoms with Crippen LogP contribution in [0.1, 0.15) is 16.7 Å². The summed E-state index contributed by atoms with van der Waals surface area (Å²) < 4.78 is 28.1. The maximum Gasteiger partial charge on any atom is 0.236 e. The second kappa shape index (κ2) is 4.94. The van der Waals surface area contributed by atoms with Crippen molar-refractivity contribution >= 4 is 35.7 Å². The van der Waals surface area contributed by atoms with Crippen molar-refractivity contribution in [3.8, 4) is 5.75 Å². The number of benzene rings is 1. The minimum absolute atomic E-state index is 0.172. The zero-order valence-corrected chi connectivity index (χ0v) is 12.3. The molecule has 0 amide bonds. The van der Waals surface area contributed by atoms with E-state index in [4.69, 9.17) is 15.4 Å². The van der Waals surface area contributed by atoms with Crippen LogP contribution in [0.5, 0.6) is 5.75 Å². The van der Waals surface area contributed by atoms with Gasteiger partial charge in [0.15, 0.2) is 0 Å². The molecule has 0 fully saturated rings. The van der Waals surface area contributed by atoms with Crippen LogP contribution >= 0.6 is 26.6 Å². The van der Waals surface area contributed by atoms with Gasteiger partial charge in [-0.05, 0) is 52.5 Å². The lowest BCUT2D eigenvalue weighted by Gasteiger charge is -2.13. The Balaban J connectivity index is 3.37. The zero-order valence-electron chi connectivity index (χ0n) is 9.17. The second-order valence-corrected chi connectivity index (χ2v) is 7.07. The number of hydrogen-bond donors (Lipinski definition) is 0. The number of ether oxygens (including phenoxy) is 1. The molecule has 6 heteroatoms. The Morgan fingerprint density at radius 2 is 2.00 bits per heavy atom. The standard InChI is InChI=1S/C10H12BrClO3S/c1-6-4-9(15-3)10(11)7(2)8(6)5-16(12,13)14/h4H,5H2,1-3H3. The minimum Gasteiger partial charge on any atom is -0.496 e. The highest BCUT2D eigenvalue weighted by Crippen LogP contribution is 2.34. The monoisotopic (exact) mass is 326 g/mol. The van der Waals surface area contributed by atoms with Crippen LogP contribution in [0.15, 0.2) is 10.5 Å². The molecule has 0 bridgehead atoms. The number of methoxy groups -OCH3 is 1. The molecule has 90 valence electrons. The Morgan fingerprint density at radius 3 is 2.44 bits per heavy atom. The summed E-state index contributed by atoms with van der Waals surface area (Å²) in [4.78, 5) is 0. The molecular formula is C10H12BrClO3S. The number of rotatable bonds is 3. The average Bonchev–Trinajstić information content (AvgIpc) is 2.17. The van der Waals surface area contributed by atoms with Crippen LogP contribution in [-0.2, 0) is 14.8 Å². The summed E-state index contributed by atoms with van der Waals surface area (Å²) in [5.74, 6) is 0.514. The number of hydrogen-bond acceptors (Lipinski definition) is 3. The summed E-state index contributed by atoms with van der Waals surface area (Å²) >= 11 is 3.37. The van der Waals surface area contributed by atoms with Gasteiger partial charge in [0.2, 0.25) is 9.05 Å². The molecule has 0 aliphatic carbocycles. The van der Waals surface area contributed by atoms with Crippen molar-refractivity contribution in [3.05, 3.63) is 27.2 Å². The summed E-state index contributed by atoms with van der Waals surface area (Å²) in [6.45, 7) is 3.66. The molecule has 0 radical (unpaired) electrons. The Labute approximate surface area is 108 Å². The summed E-state index contributed by atoms with van der Waals surface area (Å²) in [6.07, 6.45) is 0. The molecule has 0 aliphatic rings. The highest BCUT2D eigenvalue weighted by Gasteiger charge is 2.16. The van der Waals surface area contributed by atoms with Gasteiger partial charge in [-0.3, -0.25) is 0 Å². The van der Waals surface area contributed by atoms with Gasteiger partial charge in [0, 0.05) is 10.7 Å². The Hall–Kier alpha value is -0.260. The smallest absolute Gasteiger partial charge is 0.236 e. The van der Waals surface area contributed by atoms with Crippen molar-refractivity contribution in [2.24, 2.45) is 0 Å². The fraction of sp³-hybridized carbons (Fsp3) is 0.400. The second-order valence-electron chi connectivity index (χ2n) is 3.50. The molecular weight excluding hydrogens is 316 g/mol. The van der Waals surface area contributed by atoms with Gasteiger partial charge in [-0.15, -0.1) is 0 Å². The van der Waals surface area contributed by atoms with Crippen molar-refractivity contribution < 1.29 is 13.2 Å². The van der Waals surface area contributed by atoms with Crippen LogP contribution in [-0.4, -0.2) is 15.5 Å². The normalized spacial score (nSPS) is 11.6. The average molecular weight is 328 g/mol. The maximum atomic E-state index is 11.1. The van der Waals surface area contributed by atoms with E-state index in [0.29, 0.717) is 11.3 Å². The summed E-state index contributed by atoms with van der Waals surface area (Å²) in [6, 6.07) is 1.79. The molecule has 1 aromatic carbocycles.